The summed E-state index contributed by atoms with van der Waals surface area (Å²) >= 11 is 2.98. The van der Waals surface area contributed by atoms with E-state index in [1.807, 2.05) is 12.3 Å². The molecule has 0 saturated heterocycles. The van der Waals surface area contributed by atoms with Crippen molar-refractivity contribution < 1.29 is 19.1 Å². The normalized spacial score (nSPS) is 14.3. The Bertz CT molecular complexity index is 1060. The second-order valence-corrected chi connectivity index (χ2v) is 10.1. The molecule has 7 nitrogen and oxygen atoms in total. The van der Waals surface area contributed by atoms with E-state index in [1.165, 1.54) is 11.3 Å². The molecule has 1 aromatic heterocycles. The first kappa shape index (κ1) is 25.8. The van der Waals surface area contributed by atoms with Crippen molar-refractivity contribution in [3.05, 3.63) is 51.9 Å². The predicted molar refractivity (Wildman–Crippen MR) is 135 cm³/mol. The molecular formula is C25H29N3O4S2. The van der Waals surface area contributed by atoms with Crippen molar-refractivity contribution in [2.24, 2.45) is 0 Å². The Hall–Kier alpha value is -2.83. The zero-order chi connectivity index (χ0) is 24.5. The van der Waals surface area contributed by atoms with E-state index in [0.717, 1.165) is 36.1 Å². The molecule has 1 aromatic carbocycles. The molecule has 0 bridgehead atoms. The molecule has 0 saturated carbocycles. The van der Waals surface area contributed by atoms with Gasteiger partial charge in [0.05, 0.1) is 5.56 Å². The third-order valence-electron chi connectivity index (χ3n) is 5.68. The number of aryl methyl sites for hydroxylation is 1. The van der Waals surface area contributed by atoms with Gasteiger partial charge in [-0.3, -0.25) is 9.59 Å². The van der Waals surface area contributed by atoms with Gasteiger partial charge < -0.3 is 15.4 Å². The van der Waals surface area contributed by atoms with Crippen molar-refractivity contribution >= 4 is 45.9 Å². The number of amides is 2. The fourth-order valence-electron chi connectivity index (χ4n) is 3.82. The minimum Gasteiger partial charge on any atom is -0.451 e. The Kier molecular flexibility index (Phi) is 9.54. The highest BCUT2D eigenvalue weighted by molar-refractivity contribution is 7.98. The molecule has 3 rings (SSSR count). The van der Waals surface area contributed by atoms with Crippen LogP contribution < -0.4 is 10.6 Å². The van der Waals surface area contributed by atoms with Crippen LogP contribution in [-0.4, -0.2) is 41.9 Å². The summed E-state index contributed by atoms with van der Waals surface area (Å²) in [4.78, 5) is 39.6. The smallest absolute Gasteiger partial charge is 0.329 e. The predicted octanol–water partition coefficient (Wildman–Crippen LogP) is 4.31. The van der Waals surface area contributed by atoms with Gasteiger partial charge in [-0.05, 0) is 68.2 Å². The van der Waals surface area contributed by atoms with E-state index < -0.39 is 24.0 Å². The lowest BCUT2D eigenvalue weighted by Gasteiger charge is -2.21. The van der Waals surface area contributed by atoms with Crippen LogP contribution in [0.4, 0.5) is 5.00 Å². The molecule has 0 spiro atoms. The largest absolute Gasteiger partial charge is 0.451 e. The van der Waals surface area contributed by atoms with Gasteiger partial charge in [-0.1, -0.05) is 25.1 Å². The lowest BCUT2D eigenvalue weighted by Crippen LogP contribution is -2.45. The molecule has 2 amide bonds. The van der Waals surface area contributed by atoms with Crippen molar-refractivity contribution in [1.82, 2.24) is 5.32 Å². The highest BCUT2D eigenvalue weighted by Gasteiger charge is 2.29. The number of thiophene rings is 1. The number of carbonyl (C=O) groups is 3. The first-order chi connectivity index (χ1) is 16.5. The topological polar surface area (TPSA) is 108 Å². The van der Waals surface area contributed by atoms with Crippen LogP contribution in [0.3, 0.4) is 0 Å². The Morgan fingerprint density at radius 3 is 2.62 bits per heavy atom. The second kappa shape index (κ2) is 12.6. The summed E-state index contributed by atoms with van der Waals surface area (Å²) in [7, 11) is 0. The maximum atomic E-state index is 13.0. The van der Waals surface area contributed by atoms with Crippen molar-refractivity contribution in [2.45, 2.75) is 57.6 Å². The Labute approximate surface area is 208 Å². The van der Waals surface area contributed by atoms with E-state index in [0.29, 0.717) is 28.3 Å². The number of thioether (sulfide) groups is 1. The van der Waals surface area contributed by atoms with Crippen molar-refractivity contribution in [3.8, 4) is 6.07 Å². The quantitative estimate of drug-likeness (QED) is 0.472. The molecule has 0 fully saturated rings. The van der Waals surface area contributed by atoms with E-state index in [2.05, 4.69) is 16.7 Å². The fraction of sp³-hybridized carbons (Fsp3) is 0.440. The minimum absolute atomic E-state index is 0.270. The van der Waals surface area contributed by atoms with Gasteiger partial charge in [0.15, 0.2) is 6.10 Å². The number of esters is 1. The van der Waals surface area contributed by atoms with Gasteiger partial charge in [-0.25, -0.2) is 4.79 Å². The molecule has 1 heterocycles. The van der Waals surface area contributed by atoms with Crippen LogP contribution in [0.15, 0.2) is 30.3 Å². The third-order valence-corrected chi connectivity index (χ3v) is 7.53. The van der Waals surface area contributed by atoms with E-state index in [9.17, 15) is 19.6 Å². The number of hydrogen-bond acceptors (Lipinski definition) is 7. The van der Waals surface area contributed by atoms with Gasteiger partial charge in [0, 0.05) is 10.4 Å². The average Bonchev–Trinajstić information content (AvgIpc) is 3.21. The molecule has 34 heavy (non-hydrogen) atoms. The van der Waals surface area contributed by atoms with Gasteiger partial charge >= 0.3 is 5.97 Å². The lowest BCUT2D eigenvalue weighted by molar-refractivity contribution is -0.156. The first-order valence-corrected chi connectivity index (χ1v) is 13.6. The van der Waals surface area contributed by atoms with Gasteiger partial charge in [0.25, 0.3) is 11.8 Å². The summed E-state index contributed by atoms with van der Waals surface area (Å²) in [5, 5.41) is 15.7. The molecule has 180 valence electrons. The molecular weight excluding hydrogens is 470 g/mol. The van der Waals surface area contributed by atoms with Crippen LogP contribution in [-0.2, 0) is 27.2 Å². The van der Waals surface area contributed by atoms with Crippen LogP contribution in [0, 0.1) is 11.3 Å². The van der Waals surface area contributed by atoms with E-state index in [-0.39, 0.29) is 12.3 Å². The molecule has 2 N–H and O–H groups in total. The summed E-state index contributed by atoms with van der Waals surface area (Å²) in [5.41, 5.74) is 1.99. The standard InChI is InChI=1S/C25H29N3O4S2/c1-3-20(23(30)28-24-18(15-26)17-11-7-8-12-21(17)34-24)32-25(31)19(13-14-33-2)27-22(29)16-9-5-4-6-10-16/h4-6,9-10,19-20H,3,7-8,11-14H2,1-2H3,(H,27,29)(H,28,30). The number of anilines is 1. The van der Waals surface area contributed by atoms with Gasteiger partial charge in [0.1, 0.15) is 17.1 Å². The van der Waals surface area contributed by atoms with Gasteiger partial charge in [0.2, 0.25) is 0 Å². The highest BCUT2D eigenvalue weighted by atomic mass is 32.2. The van der Waals surface area contributed by atoms with Crippen LogP contribution in [0.1, 0.15) is 59.0 Å². The zero-order valence-corrected chi connectivity index (χ0v) is 21.0. The van der Waals surface area contributed by atoms with Crippen molar-refractivity contribution in [2.75, 3.05) is 17.3 Å². The number of ether oxygens (including phenoxy) is 1. The van der Waals surface area contributed by atoms with Crippen molar-refractivity contribution in [3.63, 3.8) is 0 Å². The van der Waals surface area contributed by atoms with Gasteiger partial charge in [-0.15, -0.1) is 11.3 Å². The molecule has 2 atom stereocenters. The maximum Gasteiger partial charge on any atom is 0.329 e. The van der Waals surface area contributed by atoms with Crippen LogP contribution >= 0.6 is 23.1 Å². The first-order valence-electron chi connectivity index (χ1n) is 11.4. The Morgan fingerprint density at radius 1 is 1.21 bits per heavy atom. The number of hydrogen-bond donors (Lipinski definition) is 2. The monoisotopic (exact) mass is 499 g/mol. The number of nitrogens with one attached hydrogen (secondary N) is 2. The van der Waals surface area contributed by atoms with E-state index in [4.69, 9.17) is 4.74 Å². The van der Waals surface area contributed by atoms with Crippen LogP contribution in [0.25, 0.3) is 0 Å². The zero-order valence-electron chi connectivity index (χ0n) is 19.4. The number of rotatable bonds is 10. The van der Waals surface area contributed by atoms with Crippen LogP contribution in [0.2, 0.25) is 0 Å². The SMILES string of the molecule is CCC(OC(=O)C(CCSC)NC(=O)c1ccccc1)C(=O)Nc1sc2c(c1C#N)CCCC2. The number of fused-ring (bicyclic) bond motifs is 1. The minimum atomic E-state index is -1.02. The summed E-state index contributed by atoms with van der Waals surface area (Å²) < 4.78 is 5.55. The van der Waals surface area contributed by atoms with Crippen LogP contribution in [0.5, 0.6) is 0 Å². The number of benzene rings is 1. The Morgan fingerprint density at radius 2 is 1.94 bits per heavy atom. The molecule has 2 unspecified atom stereocenters. The lowest BCUT2D eigenvalue weighted by atomic mass is 9.96. The second-order valence-electron chi connectivity index (χ2n) is 8.02. The number of carbonyl (C=O) groups excluding carboxylic acids is 3. The van der Waals surface area contributed by atoms with E-state index in [1.54, 1.807) is 43.0 Å². The average molecular weight is 500 g/mol. The third kappa shape index (κ3) is 6.39. The van der Waals surface area contributed by atoms with Crippen molar-refractivity contribution in [1.29, 1.82) is 5.26 Å². The fourth-order valence-corrected chi connectivity index (χ4v) is 5.54. The Balaban J connectivity index is 1.68. The summed E-state index contributed by atoms with van der Waals surface area (Å²) in [6.07, 6.45) is 5.41. The van der Waals surface area contributed by atoms with E-state index >= 15 is 0 Å². The molecule has 0 aliphatic heterocycles. The maximum absolute atomic E-state index is 13.0. The molecule has 1 aliphatic carbocycles. The molecule has 9 heteroatoms. The highest BCUT2D eigenvalue weighted by Crippen LogP contribution is 2.37. The molecule has 1 aliphatic rings. The summed E-state index contributed by atoms with van der Waals surface area (Å²) in [5.74, 6) is -0.844. The molecule has 2 aromatic rings. The molecule has 0 radical (unpaired) electrons. The summed E-state index contributed by atoms with van der Waals surface area (Å²) in [6, 6.07) is 10.00. The number of nitrogens with zero attached hydrogens (tertiary/aromatic N) is 1. The number of nitriles is 1. The summed E-state index contributed by atoms with van der Waals surface area (Å²) in [6.45, 7) is 1.75. The van der Waals surface area contributed by atoms with Gasteiger partial charge in [-0.2, -0.15) is 17.0 Å².